The second kappa shape index (κ2) is 6.37. The number of rotatable bonds is 7. The van der Waals surface area contributed by atoms with E-state index in [1.165, 1.54) is 4.31 Å². The zero-order chi connectivity index (χ0) is 12.1. The Balaban J connectivity index is 4.45. The van der Waals surface area contributed by atoms with Gasteiger partial charge in [-0.25, -0.2) is 0 Å². The minimum absolute atomic E-state index is 0.117. The van der Waals surface area contributed by atoms with Crippen molar-refractivity contribution in [2.75, 3.05) is 13.1 Å². The molecule has 0 aliphatic heterocycles. The fourth-order valence-electron chi connectivity index (χ4n) is 1.06. The highest BCUT2D eigenvalue weighted by Gasteiger charge is 2.20. The molecular formula is C8H19N3O2S2. The van der Waals surface area contributed by atoms with Crippen molar-refractivity contribution in [1.29, 1.82) is 0 Å². The highest BCUT2D eigenvalue weighted by molar-refractivity contribution is 7.87. The van der Waals surface area contributed by atoms with E-state index in [-0.39, 0.29) is 6.04 Å². The molecule has 15 heavy (non-hydrogen) atoms. The van der Waals surface area contributed by atoms with Crippen LogP contribution in [0.4, 0.5) is 0 Å². The third-order valence-corrected chi connectivity index (χ3v) is 3.78. The molecule has 0 amide bonds. The minimum Gasteiger partial charge on any atom is -0.393 e. The lowest BCUT2D eigenvalue weighted by Crippen LogP contribution is -2.44. The summed E-state index contributed by atoms with van der Waals surface area (Å²) in [6.07, 6.45) is 0.405. The van der Waals surface area contributed by atoms with Gasteiger partial charge in [0.15, 0.2) is 0 Å². The summed E-state index contributed by atoms with van der Waals surface area (Å²) in [4.78, 5) is 0.327. The van der Waals surface area contributed by atoms with E-state index < -0.39 is 10.2 Å². The summed E-state index contributed by atoms with van der Waals surface area (Å²) < 4.78 is 27.3. The molecule has 90 valence electrons. The smallest absolute Gasteiger partial charge is 0.279 e. The van der Waals surface area contributed by atoms with Gasteiger partial charge in [0.1, 0.15) is 0 Å². The molecular weight excluding hydrogens is 234 g/mol. The van der Waals surface area contributed by atoms with Crippen LogP contribution in [0.25, 0.3) is 0 Å². The van der Waals surface area contributed by atoms with Crippen molar-refractivity contribution in [3.63, 3.8) is 0 Å². The fourth-order valence-corrected chi connectivity index (χ4v) is 2.56. The van der Waals surface area contributed by atoms with E-state index >= 15 is 0 Å². The third-order valence-electron chi connectivity index (χ3n) is 1.68. The summed E-state index contributed by atoms with van der Waals surface area (Å²) in [6.45, 7) is 6.07. The van der Waals surface area contributed by atoms with E-state index in [1.54, 1.807) is 20.8 Å². The molecule has 0 atom stereocenters. The quantitative estimate of drug-likeness (QED) is 0.637. The van der Waals surface area contributed by atoms with Crippen LogP contribution in [-0.2, 0) is 10.2 Å². The van der Waals surface area contributed by atoms with Crippen molar-refractivity contribution in [1.82, 2.24) is 9.03 Å². The average Bonchev–Trinajstić information content (AvgIpc) is 2.01. The number of nitrogens with one attached hydrogen (secondary N) is 1. The van der Waals surface area contributed by atoms with E-state index in [1.807, 2.05) is 0 Å². The molecule has 5 nitrogen and oxygen atoms in total. The number of nitrogens with two attached hydrogens (primary N) is 1. The predicted molar refractivity (Wildman–Crippen MR) is 65.8 cm³/mol. The first-order valence-electron chi connectivity index (χ1n) is 4.85. The Morgan fingerprint density at radius 2 is 2.07 bits per heavy atom. The summed E-state index contributed by atoms with van der Waals surface area (Å²) in [5.41, 5.74) is 5.33. The lowest BCUT2D eigenvalue weighted by atomic mass is 10.4. The van der Waals surface area contributed by atoms with Gasteiger partial charge in [0.05, 0.1) is 4.99 Å². The first-order chi connectivity index (χ1) is 6.79. The van der Waals surface area contributed by atoms with Crippen LogP contribution in [0.2, 0.25) is 0 Å². The van der Waals surface area contributed by atoms with Crippen LogP contribution in [0, 0.1) is 0 Å². The van der Waals surface area contributed by atoms with Gasteiger partial charge in [-0.15, -0.1) is 0 Å². The summed E-state index contributed by atoms with van der Waals surface area (Å²) in [5, 5.41) is 0. The summed E-state index contributed by atoms with van der Waals surface area (Å²) in [7, 11) is -3.40. The maximum atomic E-state index is 11.7. The first kappa shape index (κ1) is 14.8. The molecule has 0 aromatic heterocycles. The Morgan fingerprint density at radius 1 is 1.53 bits per heavy atom. The van der Waals surface area contributed by atoms with Crippen LogP contribution >= 0.6 is 12.2 Å². The zero-order valence-corrected chi connectivity index (χ0v) is 11.0. The Kier molecular flexibility index (Phi) is 6.26. The minimum atomic E-state index is -3.40. The van der Waals surface area contributed by atoms with Crippen molar-refractivity contribution in [3.8, 4) is 0 Å². The van der Waals surface area contributed by atoms with Gasteiger partial charge >= 0.3 is 0 Å². The van der Waals surface area contributed by atoms with Gasteiger partial charge in [0.25, 0.3) is 10.2 Å². The predicted octanol–water partition coefficient (Wildman–Crippen LogP) is 0.227. The highest BCUT2D eigenvalue weighted by atomic mass is 32.2. The molecule has 0 heterocycles. The van der Waals surface area contributed by atoms with Crippen LogP contribution in [0.3, 0.4) is 0 Å². The van der Waals surface area contributed by atoms with Gasteiger partial charge in [-0.2, -0.15) is 17.4 Å². The molecule has 0 fully saturated rings. The van der Waals surface area contributed by atoms with Crippen LogP contribution in [0.15, 0.2) is 0 Å². The van der Waals surface area contributed by atoms with Crippen molar-refractivity contribution in [3.05, 3.63) is 0 Å². The number of nitrogens with zero attached hydrogens (tertiary/aromatic N) is 1. The topological polar surface area (TPSA) is 75.4 Å². The van der Waals surface area contributed by atoms with Crippen molar-refractivity contribution < 1.29 is 8.42 Å². The molecule has 0 aromatic rings. The summed E-state index contributed by atoms with van der Waals surface area (Å²) >= 11 is 4.71. The van der Waals surface area contributed by atoms with Crippen LogP contribution in [-0.4, -0.2) is 36.8 Å². The maximum Gasteiger partial charge on any atom is 0.279 e. The van der Waals surface area contributed by atoms with Crippen LogP contribution in [0.1, 0.15) is 27.2 Å². The molecule has 7 heteroatoms. The lowest BCUT2D eigenvalue weighted by Gasteiger charge is -2.21. The van der Waals surface area contributed by atoms with E-state index in [2.05, 4.69) is 4.72 Å². The lowest BCUT2D eigenvalue weighted by molar-refractivity contribution is 0.423. The fraction of sp³-hybridized carbons (Fsp3) is 0.875. The van der Waals surface area contributed by atoms with E-state index in [4.69, 9.17) is 18.0 Å². The molecule has 0 aliphatic carbocycles. The summed E-state index contributed by atoms with van der Waals surface area (Å²) in [5.74, 6) is 0. The Hall–Kier alpha value is -0.240. The molecule has 0 aliphatic rings. The van der Waals surface area contributed by atoms with Gasteiger partial charge in [-0.1, -0.05) is 19.1 Å². The van der Waals surface area contributed by atoms with Gasteiger partial charge in [-0.05, 0) is 13.8 Å². The first-order valence-corrected chi connectivity index (χ1v) is 6.70. The third kappa shape index (κ3) is 6.03. The zero-order valence-electron chi connectivity index (χ0n) is 9.36. The largest absolute Gasteiger partial charge is 0.393 e. The second-order valence-electron chi connectivity index (χ2n) is 3.49. The van der Waals surface area contributed by atoms with E-state index in [9.17, 15) is 8.42 Å². The molecule has 0 spiro atoms. The number of thiocarbonyl (C=S) groups is 1. The van der Waals surface area contributed by atoms with Crippen LogP contribution in [0.5, 0.6) is 0 Å². The molecule has 0 aromatic carbocycles. The SMILES string of the molecule is CCN(CCC(N)=S)S(=O)(=O)NC(C)C. The summed E-state index contributed by atoms with van der Waals surface area (Å²) in [6, 6.07) is -0.117. The standard InChI is InChI=1S/C8H19N3O2S2/c1-4-11(6-5-8(9)14)15(12,13)10-7(2)3/h7,10H,4-6H2,1-3H3,(H2,9,14). The maximum absolute atomic E-state index is 11.7. The van der Waals surface area contributed by atoms with Gasteiger partial charge in [0, 0.05) is 25.6 Å². The Bertz CT molecular complexity index is 301. The molecule has 0 saturated carbocycles. The Labute approximate surface area is 97.2 Å². The average molecular weight is 253 g/mol. The van der Waals surface area contributed by atoms with E-state index in [0.717, 1.165) is 0 Å². The molecule has 0 bridgehead atoms. The molecule has 0 rings (SSSR count). The van der Waals surface area contributed by atoms with Crippen molar-refractivity contribution in [2.24, 2.45) is 5.73 Å². The number of hydrogen-bond acceptors (Lipinski definition) is 3. The van der Waals surface area contributed by atoms with Gasteiger partial charge in [0.2, 0.25) is 0 Å². The van der Waals surface area contributed by atoms with Crippen LogP contribution < -0.4 is 10.5 Å². The second-order valence-corrected chi connectivity index (χ2v) is 5.71. The normalized spacial score (nSPS) is 12.3. The molecule has 3 N–H and O–H groups in total. The van der Waals surface area contributed by atoms with Gasteiger partial charge < -0.3 is 5.73 Å². The van der Waals surface area contributed by atoms with Crippen molar-refractivity contribution >= 4 is 27.4 Å². The highest BCUT2D eigenvalue weighted by Crippen LogP contribution is 2.00. The van der Waals surface area contributed by atoms with Gasteiger partial charge in [-0.3, -0.25) is 0 Å². The van der Waals surface area contributed by atoms with E-state index in [0.29, 0.717) is 24.5 Å². The molecule has 0 radical (unpaired) electrons. The number of hydrogen-bond donors (Lipinski definition) is 2. The molecule has 0 saturated heterocycles. The molecule has 0 unspecified atom stereocenters. The Morgan fingerprint density at radius 3 is 2.40 bits per heavy atom. The monoisotopic (exact) mass is 253 g/mol. The van der Waals surface area contributed by atoms with Crippen molar-refractivity contribution in [2.45, 2.75) is 33.2 Å².